The maximum absolute atomic E-state index is 5.94. The average Bonchev–Trinajstić information content (AvgIpc) is 2.25. The summed E-state index contributed by atoms with van der Waals surface area (Å²) in [6.07, 6.45) is 0. The SMILES string of the molecule is CCN(C(CN)c1ccc(Cl)cc1)C(C)(C)C. The van der Waals surface area contributed by atoms with E-state index in [1.54, 1.807) is 0 Å². The first-order valence-corrected chi connectivity index (χ1v) is 6.50. The van der Waals surface area contributed by atoms with Gasteiger partial charge >= 0.3 is 0 Å². The van der Waals surface area contributed by atoms with Crippen molar-refractivity contribution in [1.29, 1.82) is 0 Å². The summed E-state index contributed by atoms with van der Waals surface area (Å²) >= 11 is 5.92. The van der Waals surface area contributed by atoms with E-state index in [0.29, 0.717) is 6.54 Å². The minimum atomic E-state index is 0.110. The first-order chi connectivity index (χ1) is 7.90. The van der Waals surface area contributed by atoms with Crippen LogP contribution in [0.4, 0.5) is 0 Å². The molecule has 0 aliphatic carbocycles. The van der Waals surface area contributed by atoms with E-state index in [2.05, 4.69) is 44.7 Å². The first-order valence-electron chi connectivity index (χ1n) is 6.12. The van der Waals surface area contributed by atoms with E-state index in [9.17, 15) is 0 Å². The van der Waals surface area contributed by atoms with Gasteiger partial charge in [-0.1, -0.05) is 30.7 Å². The van der Waals surface area contributed by atoms with Gasteiger partial charge in [0.05, 0.1) is 0 Å². The van der Waals surface area contributed by atoms with Crippen molar-refractivity contribution in [1.82, 2.24) is 4.90 Å². The molecule has 0 heterocycles. The monoisotopic (exact) mass is 254 g/mol. The Kier molecular flexibility index (Phi) is 4.99. The zero-order chi connectivity index (χ0) is 13.1. The lowest BCUT2D eigenvalue weighted by molar-refractivity contribution is 0.0919. The first kappa shape index (κ1) is 14.5. The van der Waals surface area contributed by atoms with Gasteiger partial charge in [0.1, 0.15) is 0 Å². The average molecular weight is 255 g/mol. The Bertz CT molecular complexity index is 340. The van der Waals surface area contributed by atoms with E-state index in [4.69, 9.17) is 17.3 Å². The summed E-state index contributed by atoms with van der Waals surface area (Å²) in [6.45, 7) is 10.4. The third kappa shape index (κ3) is 3.70. The number of hydrogen-bond donors (Lipinski definition) is 1. The summed E-state index contributed by atoms with van der Waals surface area (Å²) in [4.78, 5) is 2.41. The summed E-state index contributed by atoms with van der Waals surface area (Å²) < 4.78 is 0. The maximum Gasteiger partial charge on any atom is 0.0475 e. The number of nitrogens with two attached hydrogens (primary N) is 1. The van der Waals surface area contributed by atoms with Crippen LogP contribution in [-0.4, -0.2) is 23.5 Å². The molecule has 2 nitrogen and oxygen atoms in total. The van der Waals surface area contributed by atoms with Crippen LogP contribution in [0.3, 0.4) is 0 Å². The number of benzene rings is 1. The summed E-state index contributed by atoms with van der Waals surface area (Å²) in [7, 11) is 0. The number of halogens is 1. The highest BCUT2D eigenvalue weighted by Crippen LogP contribution is 2.27. The van der Waals surface area contributed by atoms with Gasteiger partial charge in [0.2, 0.25) is 0 Å². The highest BCUT2D eigenvalue weighted by molar-refractivity contribution is 6.30. The maximum atomic E-state index is 5.94. The molecule has 17 heavy (non-hydrogen) atoms. The molecule has 0 aromatic heterocycles. The molecule has 0 radical (unpaired) electrons. The third-order valence-electron chi connectivity index (χ3n) is 3.06. The van der Waals surface area contributed by atoms with Crippen LogP contribution < -0.4 is 5.73 Å². The summed E-state index contributed by atoms with van der Waals surface area (Å²) in [5, 5.41) is 0.767. The van der Waals surface area contributed by atoms with E-state index in [1.165, 1.54) is 5.56 Å². The highest BCUT2D eigenvalue weighted by atomic mass is 35.5. The van der Waals surface area contributed by atoms with Crippen molar-refractivity contribution in [2.45, 2.75) is 39.3 Å². The molecule has 0 fully saturated rings. The quantitative estimate of drug-likeness (QED) is 0.892. The molecule has 1 aromatic carbocycles. The van der Waals surface area contributed by atoms with Gasteiger partial charge in [-0.25, -0.2) is 0 Å². The molecular weight excluding hydrogens is 232 g/mol. The van der Waals surface area contributed by atoms with Crippen LogP contribution in [0, 0.1) is 0 Å². The minimum Gasteiger partial charge on any atom is -0.329 e. The molecule has 3 heteroatoms. The molecule has 1 rings (SSSR count). The molecule has 0 saturated heterocycles. The van der Waals surface area contributed by atoms with Crippen molar-refractivity contribution < 1.29 is 0 Å². The molecule has 0 saturated carbocycles. The topological polar surface area (TPSA) is 29.3 Å². The van der Waals surface area contributed by atoms with E-state index >= 15 is 0 Å². The van der Waals surface area contributed by atoms with Gasteiger partial charge in [0, 0.05) is 23.1 Å². The smallest absolute Gasteiger partial charge is 0.0475 e. The van der Waals surface area contributed by atoms with Crippen LogP contribution in [0.1, 0.15) is 39.3 Å². The molecule has 0 aliphatic heterocycles. The van der Waals surface area contributed by atoms with Crippen LogP contribution in [-0.2, 0) is 0 Å². The molecule has 1 aromatic rings. The molecule has 0 bridgehead atoms. The van der Waals surface area contributed by atoms with Gasteiger partial charge in [0.25, 0.3) is 0 Å². The van der Waals surface area contributed by atoms with Gasteiger partial charge in [-0.05, 0) is 45.0 Å². The molecule has 1 atom stereocenters. The zero-order valence-electron chi connectivity index (χ0n) is 11.2. The molecule has 0 spiro atoms. The second-order valence-corrected chi connectivity index (χ2v) is 5.70. The second-order valence-electron chi connectivity index (χ2n) is 5.26. The summed E-state index contributed by atoms with van der Waals surface area (Å²) in [5.41, 5.74) is 7.28. The van der Waals surface area contributed by atoms with Crippen LogP contribution >= 0.6 is 11.6 Å². The van der Waals surface area contributed by atoms with Crippen molar-refractivity contribution in [2.24, 2.45) is 5.73 Å². The van der Waals surface area contributed by atoms with Gasteiger partial charge < -0.3 is 5.73 Å². The fraction of sp³-hybridized carbons (Fsp3) is 0.571. The van der Waals surface area contributed by atoms with E-state index < -0.39 is 0 Å². The zero-order valence-corrected chi connectivity index (χ0v) is 12.0. The number of rotatable bonds is 4. The Balaban J connectivity index is 3.01. The standard InChI is InChI=1S/C14H23ClN2/c1-5-17(14(2,3)4)13(10-16)11-6-8-12(15)9-7-11/h6-9,13H,5,10,16H2,1-4H3. The predicted molar refractivity (Wildman–Crippen MR) is 75.4 cm³/mol. The van der Waals surface area contributed by atoms with Crippen molar-refractivity contribution in [3.05, 3.63) is 34.9 Å². The lowest BCUT2D eigenvalue weighted by Gasteiger charge is -2.41. The van der Waals surface area contributed by atoms with Gasteiger partial charge in [0.15, 0.2) is 0 Å². The Hall–Kier alpha value is -0.570. The van der Waals surface area contributed by atoms with Crippen LogP contribution in [0.15, 0.2) is 24.3 Å². The summed E-state index contributed by atoms with van der Waals surface area (Å²) in [6, 6.07) is 8.23. The van der Waals surface area contributed by atoms with E-state index in [0.717, 1.165) is 11.6 Å². The molecule has 1 unspecified atom stereocenters. The van der Waals surface area contributed by atoms with E-state index in [1.807, 2.05) is 12.1 Å². The lowest BCUT2D eigenvalue weighted by atomic mass is 9.98. The van der Waals surface area contributed by atoms with Crippen LogP contribution in [0.25, 0.3) is 0 Å². The number of likely N-dealkylation sites (N-methyl/N-ethyl adjacent to an activating group) is 1. The van der Waals surface area contributed by atoms with Crippen molar-refractivity contribution >= 4 is 11.6 Å². The Morgan fingerprint density at radius 2 is 1.76 bits per heavy atom. The lowest BCUT2D eigenvalue weighted by Crippen LogP contribution is -2.46. The number of nitrogens with zero attached hydrogens (tertiary/aromatic N) is 1. The van der Waals surface area contributed by atoms with Crippen molar-refractivity contribution in [2.75, 3.05) is 13.1 Å². The fourth-order valence-electron chi connectivity index (χ4n) is 2.29. The summed E-state index contributed by atoms with van der Waals surface area (Å²) in [5.74, 6) is 0. The van der Waals surface area contributed by atoms with Crippen LogP contribution in [0.2, 0.25) is 5.02 Å². The molecular formula is C14H23ClN2. The van der Waals surface area contributed by atoms with E-state index in [-0.39, 0.29) is 11.6 Å². The van der Waals surface area contributed by atoms with Gasteiger partial charge in [-0.3, -0.25) is 4.90 Å². The van der Waals surface area contributed by atoms with Crippen LogP contribution in [0.5, 0.6) is 0 Å². The number of hydrogen-bond acceptors (Lipinski definition) is 2. The largest absolute Gasteiger partial charge is 0.329 e. The second kappa shape index (κ2) is 5.85. The minimum absolute atomic E-state index is 0.110. The fourth-order valence-corrected chi connectivity index (χ4v) is 2.42. The molecule has 0 amide bonds. The normalized spacial score (nSPS) is 14.1. The predicted octanol–water partition coefficient (Wildman–Crippen LogP) is 3.46. The molecule has 2 N–H and O–H groups in total. The third-order valence-corrected chi connectivity index (χ3v) is 3.31. The molecule has 0 aliphatic rings. The highest BCUT2D eigenvalue weighted by Gasteiger charge is 2.27. The van der Waals surface area contributed by atoms with Crippen molar-refractivity contribution in [3.63, 3.8) is 0 Å². The Morgan fingerprint density at radius 3 is 2.12 bits per heavy atom. The Labute approximate surface area is 110 Å². The Morgan fingerprint density at radius 1 is 1.24 bits per heavy atom. The van der Waals surface area contributed by atoms with Crippen molar-refractivity contribution in [3.8, 4) is 0 Å². The molecule has 96 valence electrons. The van der Waals surface area contributed by atoms with Gasteiger partial charge in [-0.2, -0.15) is 0 Å². The van der Waals surface area contributed by atoms with Gasteiger partial charge in [-0.15, -0.1) is 0 Å².